The summed E-state index contributed by atoms with van der Waals surface area (Å²) in [6.45, 7) is 7.25. The molecular weight excluding hydrogens is 332 g/mol. The van der Waals surface area contributed by atoms with Crippen molar-refractivity contribution in [3.63, 3.8) is 0 Å². The minimum atomic E-state index is -0.313. The third-order valence-electron chi connectivity index (χ3n) is 3.54. The van der Waals surface area contributed by atoms with E-state index in [9.17, 15) is 4.79 Å². The largest absolute Gasteiger partial charge is 0.465 e. The van der Waals surface area contributed by atoms with E-state index in [2.05, 4.69) is 47.0 Å². The van der Waals surface area contributed by atoms with Gasteiger partial charge in [0.1, 0.15) is 0 Å². The van der Waals surface area contributed by atoms with E-state index in [0.717, 1.165) is 36.1 Å². The summed E-state index contributed by atoms with van der Waals surface area (Å²) in [6, 6.07) is 6.13. The highest BCUT2D eigenvalue weighted by Gasteiger charge is 2.08. The van der Waals surface area contributed by atoms with Crippen molar-refractivity contribution in [2.75, 3.05) is 27.2 Å². The standard InChI is InChI=1S/C16H25BrN2O2/c1-12(2)19(3)9-5-8-18-11-14-7-6-13(10-15(14)17)16(20)21-4/h6-7,10,12,18H,5,8-9,11H2,1-4H3. The van der Waals surface area contributed by atoms with Gasteiger partial charge < -0.3 is 15.0 Å². The summed E-state index contributed by atoms with van der Waals surface area (Å²) >= 11 is 3.50. The quantitative estimate of drug-likeness (QED) is 0.574. The third kappa shape index (κ3) is 6.16. The zero-order chi connectivity index (χ0) is 15.8. The van der Waals surface area contributed by atoms with Gasteiger partial charge in [-0.05, 0) is 58.1 Å². The highest BCUT2D eigenvalue weighted by Crippen LogP contribution is 2.19. The Morgan fingerprint density at radius 3 is 2.71 bits per heavy atom. The normalized spacial score (nSPS) is 11.2. The number of ether oxygens (including phenoxy) is 1. The van der Waals surface area contributed by atoms with Crippen molar-refractivity contribution in [3.8, 4) is 0 Å². The summed E-state index contributed by atoms with van der Waals surface area (Å²) < 4.78 is 5.63. The molecule has 0 aliphatic rings. The first-order chi connectivity index (χ1) is 9.95. The number of hydrogen-bond acceptors (Lipinski definition) is 4. The smallest absolute Gasteiger partial charge is 0.337 e. The topological polar surface area (TPSA) is 41.6 Å². The number of carbonyl (C=O) groups is 1. The highest BCUT2D eigenvalue weighted by atomic mass is 79.9. The fourth-order valence-corrected chi connectivity index (χ4v) is 2.39. The molecule has 0 aromatic heterocycles. The number of methoxy groups -OCH3 is 1. The first-order valence-electron chi connectivity index (χ1n) is 7.23. The molecular formula is C16H25BrN2O2. The average molecular weight is 357 g/mol. The van der Waals surface area contributed by atoms with E-state index < -0.39 is 0 Å². The van der Waals surface area contributed by atoms with Crippen molar-refractivity contribution in [1.82, 2.24) is 10.2 Å². The van der Waals surface area contributed by atoms with Crippen LogP contribution in [-0.4, -0.2) is 44.2 Å². The lowest BCUT2D eigenvalue weighted by atomic mass is 10.1. The van der Waals surface area contributed by atoms with Crippen LogP contribution in [-0.2, 0) is 11.3 Å². The van der Waals surface area contributed by atoms with Gasteiger partial charge in [0.2, 0.25) is 0 Å². The number of carbonyl (C=O) groups excluding carboxylic acids is 1. The molecule has 0 amide bonds. The number of nitrogens with zero attached hydrogens (tertiary/aromatic N) is 1. The van der Waals surface area contributed by atoms with E-state index in [-0.39, 0.29) is 5.97 Å². The molecule has 0 saturated carbocycles. The van der Waals surface area contributed by atoms with Gasteiger partial charge in [-0.2, -0.15) is 0 Å². The second-order valence-electron chi connectivity index (χ2n) is 5.40. The fourth-order valence-electron chi connectivity index (χ4n) is 1.87. The van der Waals surface area contributed by atoms with Crippen LogP contribution in [0.15, 0.2) is 22.7 Å². The lowest BCUT2D eigenvalue weighted by Gasteiger charge is -2.20. The van der Waals surface area contributed by atoms with E-state index in [1.165, 1.54) is 7.11 Å². The van der Waals surface area contributed by atoms with Crippen molar-refractivity contribution in [1.29, 1.82) is 0 Å². The third-order valence-corrected chi connectivity index (χ3v) is 4.27. The van der Waals surface area contributed by atoms with Crippen LogP contribution in [0.2, 0.25) is 0 Å². The number of rotatable bonds is 8. The first kappa shape index (κ1) is 18.1. The van der Waals surface area contributed by atoms with E-state index in [1.54, 1.807) is 12.1 Å². The molecule has 0 aliphatic heterocycles. The number of nitrogens with one attached hydrogen (secondary N) is 1. The molecule has 0 heterocycles. The Hall–Kier alpha value is -0.910. The van der Waals surface area contributed by atoms with Crippen LogP contribution >= 0.6 is 15.9 Å². The summed E-state index contributed by atoms with van der Waals surface area (Å²) in [7, 11) is 3.53. The molecule has 1 aromatic rings. The Bertz CT molecular complexity index is 464. The molecule has 5 heteroatoms. The second-order valence-corrected chi connectivity index (χ2v) is 6.26. The molecule has 0 spiro atoms. The average Bonchev–Trinajstić information content (AvgIpc) is 2.47. The zero-order valence-electron chi connectivity index (χ0n) is 13.3. The number of halogens is 1. The van der Waals surface area contributed by atoms with E-state index >= 15 is 0 Å². The molecule has 0 fully saturated rings. The predicted octanol–water partition coefficient (Wildman–Crippen LogP) is 3.06. The van der Waals surface area contributed by atoms with Gasteiger partial charge in [-0.15, -0.1) is 0 Å². The van der Waals surface area contributed by atoms with Gasteiger partial charge in [-0.3, -0.25) is 0 Å². The van der Waals surface area contributed by atoms with Gasteiger partial charge in [-0.25, -0.2) is 4.79 Å². The number of esters is 1. The first-order valence-corrected chi connectivity index (χ1v) is 8.02. The summed E-state index contributed by atoms with van der Waals surface area (Å²) in [5.41, 5.74) is 1.70. The van der Waals surface area contributed by atoms with Crippen molar-refractivity contribution in [2.45, 2.75) is 32.9 Å². The SMILES string of the molecule is COC(=O)c1ccc(CNCCCN(C)C(C)C)c(Br)c1. The van der Waals surface area contributed by atoms with Gasteiger partial charge in [0.15, 0.2) is 0 Å². The summed E-state index contributed by atoms with van der Waals surface area (Å²) in [6.07, 6.45) is 1.12. The van der Waals surface area contributed by atoms with Crippen LogP contribution in [0.3, 0.4) is 0 Å². The Kier molecular flexibility index (Phi) is 7.93. The van der Waals surface area contributed by atoms with E-state index in [4.69, 9.17) is 4.74 Å². The maximum Gasteiger partial charge on any atom is 0.337 e. The van der Waals surface area contributed by atoms with E-state index in [0.29, 0.717) is 11.6 Å². The fraction of sp³-hybridized carbons (Fsp3) is 0.562. The van der Waals surface area contributed by atoms with Gasteiger partial charge in [0.05, 0.1) is 12.7 Å². The maximum absolute atomic E-state index is 11.4. The van der Waals surface area contributed by atoms with Gasteiger partial charge in [0, 0.05) is 17.1 Å². The molecule has 0 atom stereocenters. The lowest BCUT2D eigenvalue weighted by molar-refractivity contribution is 0.0600. The van der Waals surface area contributed by atoms with Crippen LogP contribution in [0.25, 0.3) is 0 Å². The van der Waals surface area contributed by atoms with Crippen molar-refractivity contribution < 1.29 is 9.53 Å². The number of benzene rings is 1. The van der Waals surface area contributed by atoms with Crippen molar-refractivity contribution in [3.05, 3.63) is 33.8 Å². The Balaban J connectivity index is 2.37. The van der Waals surface area contributed by atoms with Gasteiger partial charge >= 0.3 is 5.97 Å². The zero-order valence-corrected chi connectivity index (χ0v) is 14.9. The summed E-state index contributed by atoms with van der Waals surface area (Å²) in [4.78, 5) is 13.8. The molecule has 0 saturated heterocycles. The Morgan fingerprint density at radius 2 is 2.14 bits per heavy atom. The molecule has 0 bridgehead atoms. The Morgan fingerprint density at radius 1 is 1.43 bits per heavy atom. The van der Waals surface area contributed by atoms with Crippen LogP contribution in [0.5, 0.6) is 0 Å². The van der Waals surface area contributed by atoms with Crippen LogP contribution in [0, 0.1) is 0 Å². The predicted molar refractivity (Wildman–Crippen MR) is 89.6 cm³/mol. The molecule has 1 N–H and O–H groups in total. The molecule has 0 aliphatic carbocycles. The van der Waals surface area contributed by atoms with Crippen LogP contribution < -0.4 is 5.32 Å². The number of hydrogen-bond donors (Lipinski definition) is 1. The summed E-state index contributed by atoms with van der Waals surface area (Å²) in [5.74, 6) is -0.313. The monoisotopic (exact) mass is 356 g/mol. The molecule has 0 unspecified atom stereocenters. The van der Waals surface area contributed by atoms with Crippen molar-refractivity contribution >= 4 is 21.9 Å². The molecule has 1 aromatic carbocycles. The molecule has 1 rings (SSSR count). The van der Waals surface area contributed by atoms with Crippen molar-refractivity contribution in [2.24, 2.45) is 0 Å². The molecule has 21 heavy (non-hydrogen) atoms. The Labute approximate surface area is 136 Å². The van der Waals surface area contributed by atoms with Crippen LogP contribution in [0.1, 0.15) is 36.2 Å². The van der Waals surface area contributed by atoms with E-state index in [1.807, 2.05) is 6.07 Å². The van der Waals surface area contributed by atoms with Crippen LogP contribution in [0.4, 0.5) is 0 Å². The summed E-state index contributed by atoms with van der Waals surface area (Å²) in [5, 5.41) is 3.43. The minimum absolute atomic E-state index is 0.313. The molecule has 4 nitrogen and oxygen atoms in total. The highest BCUT2D eigenvalue weighted by molar-refractivity contribution is 9.10. The molecule has 118 valence electrons. The maximum atomic E-state index is 11.4. The minimum Gasteiger partial charge on any atom is -0.465 e. The second kappa shape index (κ2) is 9.18. The molecule has 0 radical (unpaired) electrons. The van der Waals surface area contributed by atoms with Gasteiger partial charge in [0.25, 0.3) is 0 Å². The van der Waals surface area contributed by atoms with Gasteiger partial charge in [-0.1, -0.05) is 22.0 Å². The lowest BCUT2D eigenvalue weighted by Crippen LogP contribution is -2.29.